The van der Waals surface area contributed by atoms with Crippen molar-refractivity contribution in [2.24, 2.45) is 0 Å². The van der Waals surface area contributed by atoms with Crippen LogP contribution in [0.4, 0.5) is 0 Å². The van der Waals surface area contributed by atoms with Crippen molar-refractivity contribution in [1.82, 2.24) is 19.7 Å². The fourth-order valence-corrected chi connectivity index (χ4v) is 4.84. The lowest BCUT2D eigenvalue weighted by atomic mass is 9.96. The molecule has 0 aliphatic heterocycles. The average molecular weight is 566 g/mol. The van der Waals surface area contributed by atoms with Crippen molar-refractivity contribution in [2.45, 2.75) is 52.6 Å². The van der Waals surface area contributed by atoms with E-state index in [1.54, 1.807) is 0 Å². The molecular weight excluding hydrogens is 532 g/mol. The molecule has 0 unspecified atom stereocenters. The Hall–Kier alpha value is -4.92. The molecule has 42 heavy (non-hydrogen) atoms. The summed E-state index contributed by atoms with van der Waals surface area (Å²) in [6.45, 7) is 8.02. The van der Waals surface area contributed by atoms with Gasteiger partial charge in [0.25, 0.3) is 5.56 Å². The first kappa shape index (κ1) is 28.6. The summed E-state index contributed by atoms with van der Waals surface area (Å²) in [7, 11) is 1.52. The molecule has 0 saturated carbocycles. The summed E-state index contributed by atoms with van der Waals surface area (Å²) in [6, 6.07) is 23.1. The van der Waals surface area contributed by atoms with Crippen molar-refractivity contribution in [3.05, 3.63) is 100.0 Å². The highest BCUT2D eigenvalue weighted by atomic mass is 16.6. The van der Waals surface area contributed by atoms with Gasteiger partial charge in [-0.25, -0.2) is 14.5 Å². The van der Waals surface area contributed by atoms with Crippen molar-refractivity contribution in [1.29, 1.82) is 0 Å². The zero-order valence-electron chi connectivity index (χ0n) is 24.4. The van der Waals surface area contributed by atoms with Gasteiger partial charge in [-0.2, -0.15) is 5.16 Å². The lowest BCUT2D eigenvalue weighted by Gasteiger charge is -2.21. The molecule has 0 fully saturated rings. The largest absolute Gasteiger partial charge is 0.528 e. The Morgan fingerprint density at radius 2 is 1.62 bits per heavy atom. The molecule has 9 nitrogen and oxygen atoms in total. The van der Waals surface area contributed by atoms with Crippen LogP contribution in [0.5, 0.6) is 17.8 Å². The summed E-state index contributed by atoms with van der Waals surface area (Å²) in [6.07, 6.45) is 1.16. The van der Waals surface area contributed by atoms with Crippen molar-refractivity contribution in [3.8, 4) is 46.0 Å². The van der Waals surface area contributed by atoms with Crippen LogP contribution < -0.4 is 20.1 Å². The number of methoxy groups -OCH3 is 1. The van der Waals surface area contributed by atoms with Gasteiger partial charge in [0.2, 0.25) is 0 Å². The minimum absolute atomic E-state index is 0.172. The predicted molar refractivity (Wildman–Crippen MR) is 158 cm³/mol. The lowest BCUT2D eigenvalue weighted by Crippen LogP contribution is -2.27. The van der Waals surface area contributed by atoms with Crippen LogP contribution in [0.25, 0.3) is 28.2 Å². The topological polar surface area (TPSA) is 115 Å². The van der Waals surface area contributed by atoms with E-state index >= 15 is 0 Å². The first-order valence-corrected chi connectivity index (χ1v) is 13.8. The predicted octanol–water partition coefficient (Wildman–Crippen LogP) is 5.75. The second-order valence-electron chi connectivity index (χ2n) is 10.9. The van der Waals surface area contributed by atoms with Gasteiger partial charge in [-0.3, -0.25) is 4.79 Å². The Balaban J connectivity index is 1.50. The third kappa shape index (κ3) is 6.20. The number of rotatable bonds is 9. The number of hydrogen-bond donors (Lipinski definition) is 0. The molecule has 0 radical (unpaired) electrons. The van der Waals surface area contributed by atoms with E-state index in [9.17, 15) is 9.90 Å². The van der Waals surface area contributed by atoms with Crippen LogP contribution in [0.3, 0.4) is 0 Å². The van der Waals surface area contributed by atoms with Gasteiger partial charge in [0.05, 0.1) is 18.5 Å². The molecule has 0 atom stereocenters. The van der Waals surface area contributed by atoms with E-state index in [1.165, 1.54) is 11.7 Å². The van der Waals surface area contributed by atoms with Crippen molar-refractivity contribution in [3.63, 3.8) is 0 Å². The zero-order chi connectivity index (χ0) is 29.9. The van der Waals surface area contributed by atoms with E-state index in [1.807, 2.05) is 93.6 Å². The second kappa shape index (κ2) is 11.9. The Morgan fingerprint density at radius 1 is 0.929 bits per heavy atom. The molecule has 5 aromatic rings. The van der Waals surface area contributed by atoms with Crippen molar-refractivity contribution < 1.29 is 19.1 Å². The van der Waals surface area contributed by atoms with Crippen LogP contribution in [0, 0.1) is 0 Å². The number of hydrogen-bond acceptors (Lipinski definition) is 8. The fourth-order valence-electron chi connectivity index (χ4n) is 4.84. The van der Waals surface area contributed by atoms with Gasteiger partial charge >= 0.3 is 6.01 Å². The summed E-state index contributed by atoms with van der Waals surface area (Å²) < 4.78 is 17.7. The molecule has 0 aliphatic rings. The number of aryl methyl sites for hydroxylation is 1. The minimum Gasteiger partial charge on any atom is -0.528 e. The van der Waals surface area contributed by atoms with E-state index in [4.69, 9.17) is 14.5 Å². The Kier molecular flexibility index (Phi) is 8.10. The first-order chi connectivity index (χ1) is 20.2. The molecule has 2 heterocycles. The van der Waals surface area contributed by atoms with E-state index < -0.39 is 6.08 Å². The maximum atomic E-state index is 14.0. The molecule has 0 aliphatic carbocycles. The molecule has 5 rings (SSSR count). The van der Waals surface area contributed by atoms with Crippen LogP contribution in [-0.2, 0) is 12.8 Å². The van der Waals surface area contributed by atoms with E-state index in [0.717, 1.165) is 28.8 Å². The summed E-state index contributed by atoms with van der Waals surface area (Å²) in [5.41, 5.74) is 4.92. The molecular formula is C33H33N4O5-. The quantitative estimate of drug-likeness (QED) is 0.222. The van der Waals surface area contributed by atoms with Gasteiger partial charge in [-0.05, 0) is 68.1 Å². The maximum absolute atomic E-state index is 14.0. The summed E-state index contributed by atoms with van der Waals surface area (Å²) >= 11 is 0. The Bertz CT molecular complexity index is 1730. The Labute approximate surface area is 244 Å². The molecule has 216 valence electrons. The summed E-state index contributed by atoms with van der Waals surface area (Å²) in [5, 5.41) is 15.3. The summed E-state index contributed by atoms with van der Waals surface area (Å²) in [5.74, 6) is 0.954. The highest BCUT2D eigenvalue weighted by molar-refractivity contribution is 5.80. The average Bonchev–Trinajstić information content (AvgIpc) is 3.41. The van der Waals surface area contributed by atoms with Gasteiger partial charge in [-0.15, -0.1) is 0 Å². The lowest BCUT2D eigenvalue weighted by molar-refractivity contribution is -0.303. The van der Waals surface area contributed by atoms with E-state index in [0.29, 0.717) is 35.4 Å². The normalized spacial score (nSPS) is 11.5. The molecule has 2 aromatic heterocycles. The molecule has 0 amide bonds. The van der Waals surface area contributed by atoms with E-state index in [-0.39, 0.29) is 23.0 Å². The van der Waals surface area contributed by atoms with Gasteiger partial charge in [0.15, 0.2) is 11.9 Å². The fraction of sp³-hybridized carbons (Fsp3) is 0.273. The highest BCUT2D eigenvalue weighted by Gasteiger charge is 2.20. The zero-order valence-corrected chi connectivity index (χ0v) is 24.4. The molecule has 3 aromatic carbocycles. The van der Waals surface area contributed by atoms with Gasteiger partial charge < -0.3 is 19.1 Å². The van der Waals surface area contributed by atoms with Crippen LogP contribution in [0.1, 0.15) is 50.9 Å². The van der Waals surface area contributed by atoms with E-state index in [2.05, 4.69) is 21.6 Å². The number of aromatic nitrogens is 4. The number of benzene rings is 3. The Morgan fingerprint density at radius 3 is 2.21 bits per heavy atom. The van der Waals surface area contributed by atoms with Crippen LogP contribution >= 0.6 is 0 Å². The second-order valence-corrected chi connectivity index (χ2v) is 10.9. The molecule has 0 saturated heterocycles. The first-order valence-electron chi connectivity index (χ1n) is 13.8. The molecule has 0 N–H and O–H groups in total. The SMILES string of the molecule is CCCc1nc(OC)n(-c2ccc(OC(C)(C)C)cc2)c(=O)c1Cc1ccc(-c2ccccc2-c2noc([O-])n2)cc1. The highest BCUT2D eigenvalue weighted by Crippen LogP contribution is 2.31. The standard InChI is InChI=1S/C33H34N4O5/c1-6-9-28-27(30(38)37(31(34-28)40-5)23-16-18-24(19-17-23)41-33(2,3)4)20-21-12-14-22(15-13-21)25-10-7-8-11-26(25)29-35-32(39)42-36-29/h7-8,10-19H,6,9,20H2,1-5H3,(H,35,36,39)/p-1. The third-order valence-corrected chi connectivity index (χ3v) is 6.64. The monoisotopic (exact) mass is 565 g/mol. The molecule has 0 bridgehead atoms. The van der Waals surface area contributed by atoms with Crippen LogP contribution in [0.2, 0.25) is 0 Å². The number of nitrogens with zero attached hydrogens (tertiary/aromatic N) is 4. The summed E-state index contributed by atoms with van der Waals surface area (Å²) in [4.78, 5) is 22.6. The number of ether oxygens (including phenoxy) is 2. The maximum Gasteiger partial charge on any atom is 0.303 e. The van der Waals surface area contributed by atoms with Gasteiger partial charge in [0, 0.05) is 17.5 Å². The smallest absolute Gasteiger partial charge is 0.303 e. The van der Waals surface area contributed by atoms with Crippen LogP contribution in [-0.4, -0.2) is 32.4 Å². The molecule has 9 heteroatoms. The van der Waals surface area contributed by atoms with Crippen LogP contribution in [0.15, 0.2) is 82.1 Å². The van der Waals surface area contributed by atoms with Crippen molar-refractivity contribution >= 4 is 0 Å². The third-order valence-electron chi connectivity index (χ3n) is 6.64. The van der Waals surface area contributed by atoms with Gasteiger partial charge in [0.1, 0.15) is 11.4 Å². The minimum atomic E-state index is -0.731. The van der Waals surface area contributed by atoms with Gasteiger partial charge in [-0.1, -0.05) is 61.9 Å². The molecule has 0 spiro atoms. The van der Waals surface area contributed by atoms with Crippen molar-refractivity contribution in [2.75, 3.05) is 7.11 Å².